The van der Waals surface area contributed by atoms with Gasteiger partial charge in [0.05, 0.1) is 11.8 Å². The van der Waals surface area contributed by atoms with Crippen molar-refractivity contribution in [3.8, 4) is 5.75 Å². The normalized spacial score (nSPS) is 24.6. The highest BCUT2D eigenvalue weighted by molar-refractivity contribution is 5.59. The Labute approximate surface area is 107 Å². The van der Waals surface area contributed by atoms with Gasteiger partial charge in [-0.1, -0.05) is 6.07 Å². The maximum atomic E-state index is 10.4. The number of aliphatic hydroxyl groups excluding tert-OH is 1. The van der Waals surface area contributed by atoms with Crippen LogP contribution >= 0.6 is 0 Å². The van der Waals surface area contributed by atoms with Crippen LogP contribution in [-0.2, 0) is 0 Å². The Morgan fingerprint density at radius 3 is 3.11 bits per heavy atom. The smallest absolute Gasteiger partial charge is 0.142 e. The molecule has 2 atom stereocenters. The van der Waals surface area contributed by atoms with Gasteiger partial charge in [0.25, 0.3) is 0 Å². The Hall–Kier alpha value is -1.26. The van der Waals surface area contributed by atoms with Gasteiger partial charge in [-0.3, -0.25) is 0 Å². The van der Waals surface area contributed by atoms with Crippen LogP contribution in [0.5, 0.6) is 5.75 Å². The van der Waals surface area contributed by atoms with E-state index in [0.29, 0.717) is 12.5 Å². The first kappa shape index (κ1) is 11.8. The topological polar surface area (TPSA) is 53.5 Å². The zero-order chi connectivity index (χ0) is 12.4. The number of anilines is 1. The predicted octanol–water partition coefficient (Wildman–Crippen LogP) is 1.52. The summed E-state index contributed by atoms with van der Waals surface area (Å²) in [7, 11) is 0. The van der Waals surface area contributed by atoms with Gasteiger partial charge in [-0.15, -0.1) is 0 Å². The number of nitrogens with one attached hydrogen (secondary N) is 2. The van der Waals surface area contributed by atoms with Crippen LogP contribution in [0.25, 0.3) is 0 Å². The van der Waals surface area contributed by atoms with E-state index >= 15 is 0 Å². The van der Waals surface area contributed by atoms with Crippen molar-refractivity contribution in [2.75, 3.05) is 31.6 Å². The first-order valence-corrected chi connectivity index (χ1v) is 6.74. The molecule has 2 aliphatic heterocycles. The third kappa shape index (κ3) is 2.31. The molecule has 0 saturated carbocycles. The molecule has 2 unspecified atom stereocenters. The van der Waals surface area contributed by atoms with E-state index in [9.17, 15) is 5.11 Å². The monoisotopic (exact) mass is 248 g/mol. The lowest BCUT2D eigenvalue weighted by Gasteiger charge is -2.28. The van der Waals surface area contributed by atoms with Crippen molar-refractivity contribution in [2.24, 2.45) is 5.92 Å². The summed E-state index contributed by atoms with van der Waals surface area (Å²) >= 11 is 0. The number of benzene rings is 1. The van der Waals surface area contributed by atoms with Gasteiger partial charge in [-0.05, 0) is 37.1 Å². The lowest BCUT2D eigenvalue weighted by molar-refractivity contribution is 0.0921. The van der Waals surface area contributed by atoms with Crippen molar-refractivity contribution in [2.45, 2.75) is 18.9 Å². The van der Waals surface area contributed by atoms with Gasteiger partial charge in [-0.2, -0.15) is 0 Å². The van der Waals surface area contributed by atoms with Crippen molar-refractivity contribution in [3.63, 3.8) is 0 Å². The van der Waals surface area contributed by atoms with E-state index in [1.807, 2.05) is 18.2 Å². The van der Waals surface area contributed by atoms with Crippen LogP contribution in [0.3, 0.4) is 0 Å². The van der Waals surface area contributed by atoms with E-state index in [1.54, 1.807) is 0 Å². The number of aliphatic hydroxyl groups is 1. The summed E-state index contributed by atoms with van der Waals surface area (Å²) in [6, 6.07) is 5.95. The first-order chi connectivity index (χ1) is 8.84. The predicted molar refractivity (Wildman–Crippen MR) is 71.0 cm³/mol. The van der Waals surface area contributed by atoms with Crippen LogP contribution < -0.4 is 15.4 Å². The van der Waals surface area contributed by atoms with Gasteiger partial charge in [0, 0.05) is 19.0 Å². The summed E-state index contributed by atoms with van der Waals surface area (Å²) < 4.78 is 5.55. The van der Waals surface area contributed by atoms with Gasteiger partial charge in [-0.25, -0.2) is 0 Å². The van der Waals surface area contributed by atoms with Gasteiger partial charge >= 0.3 is 0 Å². The molecule has 4 heteroatoms. The second-order valence-corrected chi connectivity index (χ2v) is 5.08. The van der Waals surface area contributed by atoms with Crippen molar-refractivity contribution in [3.05, 3.63) is 23.8 Å². The Morgan fingerprint density at radius 1 is 1.33 bits per heavy atom. The van der Waals surface area contributed by atoms with E-state index in [0.717, 1.165) is 49.5 Å². The van der Waals surface area contributed by atoms with E-state index in [-0.39, 0.29) is 6.10 Å². The van der Waals surface area contributed by atoms with Crippen LogP contribution in [0.15, 0.2) is 18.2 Å². The molecule has 0 aliphatic carbocycles. The lowest BCUT2D eigenvalue weighted by atomic mass is 9.89. The van der Waals surface area contributed by atoms with Crippen LogP contribution in [-0.4, -0.2) is 31.3 Å². The van der Waals surface area contributed by atoms with Crippen LogP contribution in [0.2, 0.25) is 0 Å². The molecule has 0 amide bonds. The van der Waals surface area contributed by atoms with Crippen molar-refractivity contribution in [1.82, 2.24) is 5.32 Å². The number of ether oxygens (including phenoxy) is 1. The van der Waals surface area contributed by atoms with Gasteiger partial charge < -0.3 is 20.5 Å². The molecule has 0 radical (unpaired) electrons. The highest BCUT2D eigenvalue weighted by Gasteiger charge is 2.24. The molecule has 1 saturated heterocycles. The summed E-state index contributed by atoms with van der Waals surface area (Å²) in [5.41, 5.74) is 1.99. The number of fused-ring (bicyclic) bond motifs is 1. The number of hydrogen-bond donors (Lipinski definition) is 3. The minimum absolute atomic E-state index is 0.321. The quantitative estimate of drug-likeness (QED) is 0.743. The summed E-state index contributed by atoms with van der Waals surface area (Å²) in [5.74, 6) is 1.21. The van der Waals surface area contributed by atoms with Crippen LogP contribution in [0, 0.1) is 5.92 Å². The highest BCUT2D eigenvalue weighted by Crippen LogP contribution is 2.33. The molecule has 4 nitrogen and oxygen atoms in total. The summed E-state index contributed by atoms with van der Waals surface area (Å²) in [4.78, 5) is 0. The molecule has 2 heterocycles. The molecule has 1 fully saturated rings. The van der Waals surface area contributed by atoms with Crippen molar-refractivity contribution < 1.29 is 9.84 Å². The zero-order valence-corrected chi connectivity index (χ0v) is 10.5. The molecule has 1 aromatic carbocycles. The molecule has 3 rings (SSSR count). The molecule has 98 valence electrons. The molecule has 0 bridgehead atoms. The molecule has 2 aliphatic rings. The Morgan fingerprint density at radius 2 is 2.28 bits per heavy atom. The Balaban J connectivity index is 1.78. The highest BCUT2D eigenvalue weighted by atomic mass is 16.5. The minimum Gasteiger partial charge on any atom is -0.490 e. The number of piperidine rings is 1. The summed E-state index contributed by atoms with van der Waals surface area (Å²) in [5, 5.41) is 17.1. The van der Waals surface area contributed by atoms with Gasteiger partial charge in [0.2, 0.25) is 0 Å². The van der Waals surface area contributed by atoms with Crippen molar-refractivity contribution >= 4 is 5.69 Å². The second kappa shape index (κ2) is 5.16. The average molecular weight is 248 g/mol. The molecular formula is C14H20N2O2. The molecular weight excluding hydrogens is 228 g/mol. The maximum Gasteiger partial charge on any atom is 0.142 e. The molecule has 1 aromatic rings. The fraction of sp³-hybridized carbons (Fsp3) is 0.571. The van der Waals surface area contributed by atoms with E-state index < -0.39 is 0 Å². The summed E-state index contributed by atoms with van der Waals surface area (Å²) in [6.07, 6.45) is 1.86. The fourth-order valence-electron chi connectivity index (χ4n) is 2.76. The summed E-state index contributed by atoms with van der Waals surface area (Å²) in [6.45, 7) is 3.52. The lowest BCUT2D eigenvalue weighted by Crippen LogP contribution is -2.33. The minimum atomic E-state index is -0.383. The SMILES string of the molecule is OC(c1ccc2c(c1)NCCO2)C1CCCNC1. The fourth-order valence-corrected chi connectivity index (χ4v) is 2.76. The maximum absolute atomic E-state index is 10.4. The molecule has 3 N–H and O–H groups in total. The van der Waals surface area contributed by atoms with Crippen LogP contribution in [0.1, 0.15) is 24.5 Å². The zero-order valence-electron chi connectivity index (χ0n) is 10.5. The second-order valence-electron chi connectivity index (χ2n) is 5.08. The number of hydrogen-bond acceptors (Lipinski definition) is 4. The van der Waals surface area contributed by atoms with E-state index in [4.69, 9.17) is 4.74 Å². The van der Waals surface area contributed by atoms with E-state index in [2.05, 4.69) is 10.6 Å². The molecule has 0 aromatic heterocycles. The third-order valence-corrected chi connectivity index (χ3v) is 3.80. The first-order valence-electron chi connectivity index (χ1n) is 6.74. The largest absolute Gasteiger partial charge is 0.490 e. The molecule has 18 heavy (non-hydrogen) atoms. The third-order valence-electron chi connectivity index (χ3n) is 3.80. The van der Waals surface area contributed by atoms with Gasteiger partial charge in [0.15, 0.2) is 0 Å². The number of rotatable bonds is 2. The van der Waals surface area contributed by atoms with Gasteiger partial charge in [0.1, 0.15) is 12.4 Å². The molecule has 0 spiro atoms. The standard InChI is InChI=1S/C14H20N2O2/c17-14(11-2-1-5-15-9-11)10-3-4-13-12(8-10)16-6-7-18-13/h3-4,8,11,14-17H,1-2,5-7,9H2. The average Bonchev–Trinajstić information content (AvgIpc) is 2.47. The van der Waals surface area contributed by atoms with Crippen molar-refractivity contribution in [1.29, 1.82) is 0 Å². The Bertz CT molecular complexity index is 416. The van der Waals surface area contributed by atoms with E-state index in [1.165, 1.54) is 0 Å². The Kier molecular flexibility index (Phi) is 3.39. The van der Waals surface area contributed by atoms with Crippen LogP contribution in [0.4, 0.5) is 5.69 Å².